The van der Waals surface area contributed by atoms with Crippen molar-refractivity contribution in [3.63, 3.8) is 0 Å². The van der Waals surface area contributed by atoms with Crippen molar-refractivity contribution < 1.29 is 33.9 Å². The van der Waals surface area contributed by atoms with E-state index in [0.29, 0.717) is 0 Å². The highest BCUT2D eigenvalue weighted by Crippen LogP contribution is 2.46. The Kier molecular flexibility index (Phi) is 6.77. The summed E-state index contributed by atoms with van der Waals surface area (Å²) in [7, 11) is 1.62. The topological polar surface area (TPSA) is 86.6 Å². The molecule has 0 amide bonds. The predicted molar refractivity (Wildman–Crippen MR) is 109 cm³/mol. The molecule has 2 N–H and O–H groups in total. The molecule has 7 nitrogen and oxygen atoms in total. The second kappa shape index (κ2) is 9.34. The van der Waals surface area contributed by atoms with Gasteiger partial charge in [0.15, 0.2) is 5.79 Å². The lowest BCUT2D eigenvalue weighted by atomic mass is 9.84. The first-order chi connectivity index (χ1) is 14.6. The highest BCUT2D eigenvalue weighted by atomic mass is 16.8. The number of fused-ring (bicyclic) bond motifs is 1. The number of methoxy groups -OCH3 is 1. The molecule has 2 aliphatic carbocycles. The lowest BCUT2D eigenvalue weighted by Crippen LogP contribution is -2.64. The van der Waals surface area contributed by atoms with Gasteiger partial charge in [-0.2, -0.15) is 0 Å². The number of benzene rings is 1. The van der Waals surface area contributed by atoms with Gasteiger partial charge in [0.05, 0.1) is 20.3 Å². The number of aliphatic hydroxyl groups excluding tert-OH is 2. The van der Waals surface area contributed by atoms with Crippen LogP contribution in [0.1, 0.15) is 37.7 Å². The van der Waals surface area contributed by atoms with Gasteiger partial charge in [-0.25, -0.2) is 0 Å². The molecule has 3 aliphatic rings. The maximum Gasteiger partial charge on any atom is 0.169 e. The summed E-state index contributed by atoms with van der Waals surface area (Å²) in [6.45, 7) is 4.20. The number of aliphatic hydroxyl groups is 2. The van der Waals surface area contributed by atoms with Crippen molar-refractivity contribution in [3.8, 4) is 5.75 Å². The van der Waals surface area contributed by atoms with E-state index in [2.05, 4.69) is 6.58 Å². The van der Waals surface area contributed by atoms with Crippen molar-refractivity contribution in [1.29, 1.82) is 0 Å². The Morgan fingerprint density at radius 1 is 1.00 bits per heavy atom. The Hall–Kier alpha value is -1.48. The van der Waals surface area contributed by atoms with Gasteiger partial charge in [0.1, 0.15) is 42.4 Å². The molecular weight excluding hydrogens is 388 g/mol. The van der Waals surface area contributed by atoms with Crippen molar-refractivity contribution in [2.75, 3.05) is 13.7 Å². The summed E-state index contributed by atoms with van der Waals surface area (Å²) < 4.78 is 29.9. The predicted octanol–water partition coefficient (Wildman–Crippen LogP) is 2.33. The Morgan fingerprint density at radius 3 is 2.17 bits per heavy atom. The standard InChI is InChI=1S/C23H32O7/c1-3-13-27-19-17(24)18(25)20(28-14-15-7-9-16(26-2)10-8-15)22-21(19)29-23(30-22)11-5-4-6-12-23/h3,7-10,17-22,24-25H,1,4-6,11-14H2,2H3/t17-,18+,19-,20+,21-,22+/m1/s1. The van der Waals surface area contributed by atoms with Gasteiger partial charge in [-0.1, -0.05) is 24.6 Å². The third-order valence-corrected chi connectivity index (χ3v) is 6.32. The third-order valence-electron chi connectivity index (χ3n) is 6.32. The molecule has 2 saturated carbocycles. The molecule has 6 atom stereocenters. The van der Waals surface area contributed by atoms with Gasteiger partial charge >= 0.3 is 0 Å². The monoisotopic (exact) mass is 420 g/mol. The summed E-state index contributed by atoms with van der Waals surface area (Å²) in [5.74, 6) is 0.0791. The maximum atomic E-state index is 10.9. The van der Waals surface area contributed by atoms with E-state index in [4.69, 9.17) is 23.7 Å². The second-order valence-corrected chi connectivity index (χ2v) is 8.33. The zero-order valence-corrected chi connectivity index (χ0v) is 17.4. The molecular formula is C23H32O7. The van der Waals surface area contributed by atoms with Crippen LogP contribution in [0.5, 0.6) is 5.75 Å². The maximum absolute atomic E-state index is 10.9. The third kappa shape index (κ3) is 4.28. The van der Waals surface area contributed by atoms with Gasteiger partial charge in [0.2, 0.25) is 0 Å². The van der Waals surface area contributed by atoms with E-state index >= 15 is 0 Å². The van der Waals surface area contributed by atoms with Crippen LogP contribution in [-0.4, -0.2) is 66.3 Å². The number of ether oxygens (including phenoxy) is 5. The average molecular weight is 421 g/mol. The summed E-state index contributed by atoms with van der Waals surface area (Å²) in [6, 6.07) is 7.54. The fourth-order valence-corrected chi connectivity index (χ4v) is 4.75. The first kappa shape index (κ1) is 21.7. The van der Waals surface area contributed by atoms with E-state index < -0.39 is 42.4 Å². The Bertz CT molecular complexity index is 700. The normalized spacial score (nSPS) is 35.2. The Morgan fingerprint density at radius 2 is 1.60 bits per heavy atom. The van der Waals surface area contributed by atoms with Gasteiger partial charge in [0, 0.05) is 12.8 Å². The van der Waals surface area contributed by atoms with E-state index in [0.717, 1.165) is 43.4 Å². The van der Waals surface area contributed by atoms with Crippen molar-refractivity contribution in [2.24, 2.45) is 0 Å². The number of hydrogen-bond donors (Lipinski definition) is 2. The van der Waals surface area contributed by atoms with Crippen LogP contribution in [0.4, 0.5) is 0 Å². The summed E-state index contributed by atoms with van der Waals surface area (Å²) in [5.41, 5.74) is 0.936. The van der Waals surface area contributed by atoms with Crippen molar-refractivity contribution in [1.82, 2.24) is 0 Å². The number of rotatable bonds is 7. The van der Waals surface area contributed by atoms with Crippen LogP contribution in [0.25, 0.3) is 0 Å². The van der Waals surface area contributed by atoms with Gasteiger partial charge in [-0.05, 0) is 30.5 Å². The van der Waals surface area contributed by atoms with Crippen LogP contribution >= 0.6 is 0 Å². The van der Waals surface area contributed by atoms with Gasteiger partial charge < -0.3 is 33.9 Å². The molecule has 1 aromatic carbocycles. The molecule has 30 heavy (non-hydrogen) atoms. The first-order valence-electron chi connectivity index (χ1n) is 10.8. The van der Waals surface area contributed by atoms with Crippen molar-refractivity contribution >= 4 is 0 Å². The van der Waals surface area contributed by atoms with Crippen LogP contribution in [-0.2, 0) is 25.6 Å². The molecule has 1 saturated heterocycles. The van der Waals surface area contributed by atoms with Crippen molar-refractivity contribution in [3.05, 3.63) is 42.5 Å². The van der Waals surface area contributed by atoms with Crippen LogP contribution in [0.15, 0.2) is 36.9 Å². The van der Waals surface area contributed by atoms with E-state index in [1.165, 1.54) is 0 Å². The number of hydrogen-bond acceptors (Lipinski definition) is 7. The first-order valence-corrected chi connectivity index (χ1v) is 10.8. The largest absolute Gasteiger partial charge is 0.497 e. The lowest BCUT2D eigenvalue weighted by molar-refractivity contribution is -0.219. The molecule has 7 heteroatoms. The molecule has 0 radical (unpaired) electrons. The fraction of sp³-hybridized carbons (Fsp3) is 0.652. The Balaban J connectivity index is 1.52. The van der Waals surface area contributed by atoms with E-state index in [-0.39, 0.29) is 13.2 Å². The van der Waals surface area contributed by atoms with Crippen LogP contribution < -0.4 is 4.74 Å². The van der Waals surface area contributed by atoms with Crippen LogP contribution in [0, 0.1) is 0 Å². The minimum absolute atomic E-state index is 0.255. The lowest BCUT2D eigenvalue weighted by Gasteiger charge is -2.42. The molecule has 0 bridgehead atoms. The van der Waals surface area contributed by atoms with Gasteiger partial charge in [0.25, 0.3) is 0 Å². The Labute approximate surface area is 177 Å². The van der Waals surface area contributed by atoms with Gasteiger partial charge in [-0.3, -0.25) is 0 Å². The molecule has 1 heterocycles. The molecule has 4 rings (SSSR count). The molecule has 1 spiro atoms. The summed E-state index contributed by atoms with van der Waals surface area (Å²) >= 11 is 0. The fourth-order valence-electron chi connectivity index (χ4n) is 4.75. The average Bonchev–Trinajstić information content (AvgIpc) is 3.12. The van der Waals surface area contributed by atoms with Crippen LogP contribution in [0.3, 0.4) is 0 Å². The summed E-state index contributed by atoms with van der Waals surface area (Å²) in [6.07, 6.45) is 1.67. The summed E-state index contributed by atoms with van der Waals surface area (Å²) in [5, 5.41) is 21.7. The van der Waals surface area contributed by atoms with Crippen molar-refractivity contribution in [2.45, 2.75) is 81.1 Å². The van der Waals surface area contributed by atoms with Crippen LogP contribution in [0.2, 0.25) is 0 Å². The highest BCUT2D eigenvalue weighted by molar-refractivity contribution is 5.26. The van der Waals surface area contributed by atoms with E-state index in [1.807, 2.05) is 24.3 Å². The second-order valence-electron chi connectivity index (χ2n) is 8.33. The quantitative estimate of drug-likeness (QED) is 0.655. The highest BCUT2D eigenvalue weighted by Gasteiger charge is 2.61. The smallest absolute Gasteiger partial charge is 0.169 e. The minimum atomic E-state index is -1.15. The molecule has 166 valence electrons. The minimum Gasteiger partial charge on any atom is -0.497 e. The molecule has 1 aliphatic heterocycles. The van der Waals surface area contributed by atoms with Gasteiger partial charge in [-0.15, -0.1) is 6.58 Å². The molecule has 3 fully saturated rings. The summed E-state index contributed by atoms with van der Waals surface area (Å²) in [4.78, 5) is 0. The van der Waals surface area contributed by atoms with E-state index in [9.17, 15) is 10.2 Å². The zero-order chi connectivity index (χ0) is 21.1. The molecule has 1 aromatic rings. The molecule has 0 aromatic heterocycles. The zero-order valence-electron chi connectivity index (χ0n) is 17.4. The van der Waals surface area contributed by atoms with E-state index in [1.54, 1.807) is 13.2 Å². The molecule has 0 unspecified atom stereocenters. The SMILES string of the molecule is C=CCO[C@@H]1[C@H](O)[C@H](O)[C@H](OCc2ccc(OC)cc2)[C@@H]2OC3(CCCCC3)O[C@@H]21.